The predicted octanol–water partition coefficient (Wildman–Crippen LogP) is 8.94. The largest absolute Gasteiger partial charge is 0.454 e. The Morgan fingerprint density at radius 2 is 1.42 bits per heavy atom. The number of nitrogens with one attached hydrogen (secondary N) is 1. The fourth-order valence-electron chi connectivity index (χ4n) is 4.31. The average Bonchev–Trinajstić information content (AvgIpc) is 3.19. The van der Waals surface area contributed by atoms with E-state index in [2.05, 4.69) is 47.0 Å². The molecule has 1 heterocycles. The summed E-state index contributed by atoms with van der Waals surface area (Å²) in [6.07, 6.45) is 3.96. The van der Waals surface area contributed by atoms with E-state index in [1.54, 1.807) is 18.2 Å². The van der Waals surface area contributed by atoms with E-state index < -0.39 is 0 Å². The first-order valence-corrected chi connectivity index (χ1v) is 12.7. The molecule has 0 fully saturated rings. The Labute approximate surface area is 223 Å². The number of halogens is 2. The van der Waals surface area contributed by atoms with Crippen molar-refractivity contribution in [3.63, 3.8) is 0 Å². The van der Waals surface area contributed by atoms with Gasteiger partial charge in [-0.15, -0.1) is 0 Å². The standard InChI is InChI=1S/C30H32Cl2N2O2/c1-29(2,3)20-15-19(16-21(28(20)35)30(4,5)6)27(25-17-18-11-8-9-14-24(18)36-25)34(7)33-26-22(31)12-10-13-23(26)32/h8-17,33H,1-7H3. The van der Waals surface area contributed by atoms with Crippen LogP contribution in [0.3, 0.4) is 0 Å². The summed E-state index contributed by atoms with van der Waals surface area (Å²) in [5, 5.41) is 3.84. The molecule has 6 heteroatoms. The van der Waals surface area contributed by atoms with Gasteiger partial charge in [-0.1, -0.05) is 89.0 Å². The smallest absolute Gasteiger partial charge is 0.186 e. The van der Waals surface area contributed by atoms with Crippen molar-refractivity contribution in [1.29, 1.82) is 0 Å². The summed E-state index contributed by atoms with van der Waals surface area (Å²) in [7, 11) is 1.89. The summed E-state index contributed by atoms with van der Waals surface area (Å²) in [6, 6.07) is 15.3. The monoisotopic (exact) mass is 522 g/mol. The van der Waals surface area contributed by atoms with E-state index in [9.17, 15) is 4.79 Å². The van der Waals surface area contributed by atoms with Gasteiger partial charge in [0.1, 0.15) is 11.3 Å². The number of benzene rings is 2. The number of carbonyl (C=O) groups excluding carboxylic acids is 1. The van der Waals surface area contributed by atoms with Crippen molar-refractivity contribution < 1.29 is 9.21 Å². The molecule has 1 N–H and O–H groups in total. The molecule has 0 saturated carbocycles. The van der Waals surface area contributed by atoms with Gasteiger partial charge in [-0.25, -0.2) is 0 Å². The van der Waals surface area contributed by atoms with E-state index in [0.717, 1.165) is 33.4 Å². The van der Waals surface area contributed by atoms with E-state index in [0.29, 0.717) is 21.5 Å². The third-order valence-corrected chi connectivity index (χ3v) is 6.84. The molecule has 0 bridgehead atoms. The zero-order valence-corrected chi connectivity index (χ0v) is 23.3. The molecule has 1 aromatic heterocycles. The molecule has 0 aliphatic heterocycles. The molecule has 0 atom stereocenters. The lowest BCUT2D eigenvalue weighted by molar-refractivity contribution is -0.114. The van der Waals surface area contributed by atoms with Crippen LogP contribution in [0.25, 0.3) is 16.7 Å². The highest BCUT2D eigenvalue weighted by molar-refractivity contribution is 6.39. The van der Waals surface area contributed by atoms with Crippen molar-refractivity contribution >= 4 is 51.3 Å². The van der Waals surface area contributed by atoms with Crippen LogP contribution >= 0.6 is 23.2 Å². The topological polar surface area (TPSA) is 45.5 Å². The third kappa shape index (κ3) is 5.11. The maximum Gasteiger partial charge on any atom is 0.186 e. The van der Waals surface area contributed by atoms with Crippen LogP contribution in [0.2, 0.25) is 10.0 Å². The zero-order chi connectivity index (χ0) is 26.4. The Kier molecular flexibility index (Phi) is 6.89. The first-order chi connectivity index (χ1) is 16.8. The van der Waals surface area contributed by atoms with E-state index in [-0.39, 0.29) is 16.6 Å². The van der Waals surface area contributed by atoms with Crippen LogP contribution in [0, 0.1) is 10.8 Å². The maximum absolute atomic E-state index is 13.6. The number of rotatable bonds is 4. The third-order valence-electron chi connectivity index (χ3n) is 6.21. The van der Waals surface area contributed by atoms with E-state index >= 15 is 0 Å². The fourth-order valence-corrected chi connectivity index (χ4v) is 4.79. The average molecular weight is 524 g/mol. The van der Waals surface area contributed by atoms with Crippen LogP contribution in [-0.2, 0) is 4.79 Å². The lowest BCUT2D eigenvalue weighted by atomic mass is 9.71. The van der Waals surface area contributed by atoms with E-state index in [1.807, 2.05) is 54.5 Å². The van der Waals surface area contributed by atoms with Gasteiger partial charge in [0.25, 0.3) is 0 Å². The van der Waals surface area contributed by atoms with Crippen LogP contribution in [0.4, 0.5) is 5.69 Å². The highest BCUT2D eigenvalue weighted by atomic mass is 35.5. The minimum Gasteiger partial charge on any atom is -0.454 e. The van der Waals surface area contributed by atoms with Gasteiger partial charge in [-0.3, -0.25) is 15.2 Å². The van der Waals surface area contributed by atoms with Gasteiger partial charge in [-0.05, 0) is 47.2 Å². The molecular weight excluding hydrogens is 491 g/mol. The van der Waals surface area contributed by atoms with E-state index in [1.165, 1.54) is 0 Å². The molecule has 4 nitrogen and oxygen atoms in total. The minimum atomic E-state index is -0.343. The number of nitrogens with zero attached hydrogens (tertiary/aromatic N) is 1. The second kappa shape index (κ2) is 9.49. The number of hydrazine groups is 1. The Morgan fingerprint density at radius 1 is 0.861 bits per heavy atom. The van der Waals surface area contributed by atoms with Gasteiger partial charge < -0.3 is 4.42 Å². The zero-order valence-electron chi connectivity index (χ0n) is 21.8. The Bertz CT molecular complexity index is 1340. The normalized spacial score (nSPS) is 14.6. The summed E-state index contributed by atoms with van der Waals surface area (Å²) in [6.45, 7) is 12.4. The Balaban J connectivity index is 2.00. The number of carbonyl (C=O) groups is 1. The lowest BCUT2D eigenvalue weighted by Gasteiger charge is -2.33. The van der Waals surface area contributed by atoms with Gasteiger partial charge in [0.05, 0.1) is 15.7 Å². The minimum absolute atomic E-state index is 0.0764. The summed E-state index contributed by atoms with van der Waals surface area (Å²) in [5.41, 5.74) is 7.16. The Morgan fingerprint density at radius 3 is 1.94 bits per heavy atom. The summed E-state index contributed by atoms with van der Waals surface area (Å²) in [5.74, 6) is 0.736. The SMILES string of the molecule is CN(Nc1c(Cl)cccc1Cl)C(=C1C=C(C(C)(C)C)C(=O)C(C(C)(C)C)=C1)c1cc2ccccc2o1. The van der Waals surface area contributed by atoms with Crippen LogP contribution in [0.15, 0.2) is 81.8 Å². The number of hydrogen-bond acceptors (Lipinski definition) is 4. The molecule has 188 valence electrons. The molecule has 0 saturated heterocycles. The van der Waals surface area contributed by atoms with Crippen LogP contribution < -0.4 is 5.43 Å². The molecule has 2 aromatic carbocycles. The molecule has 4 rings (SSSR count). The van der Waals surface area contributed by atoms with Crippen LogP contribution in [-0.4, -0.2) is 17.8 Å². The van der Waals surface area contributed by atoms with Gasteiger partial charge in [0.2, 0.25) is 0 Å². The van der Waals surface area contributed by atoms with Crippen LogP contribution in [0.5, 0.6) is 0 Å². The van der Waals surface area contributed by atoms with Gasteiger partial charge >= 0.3 is 0 Å². The number of fused-ring (bicyclic) bond motifs is 1. The Hall–Kier alpha value is -2.95. The molecular formula is C30H32Cl2N2O2. The van der Waals surface area contributed by atoms with Crippen molar-refractivity contribution in [1.82, 2.24) is 5.01 Å². The quantitative estimate of drug-likeness (QED) is 0.347. The second-order valence-electron chi connectivity index (χ2n) is 11.2. The number of allylic oxidation sites excluding steroid dienone is 5. The highest BCUT2D eigenvalue weighted by Crippen LogP contribution is 2.42. The fraction of sp³-hybridized carbons (Fsp3) is 0.300. The van der Waals surface area contributed by atoms with Gasteiger partial charge in [-0.2, -0.15) is 0 Å². The molecule has 1 aliphatic rings. The van der Waals surface area contributed by atoms with Crippen molar-refractivity contribution in [2.45, 2.75) is 41.5 Å². The number of Topliss-reactive ketones (excluding diaryl/α,β-unsaturated/α-hetero) is 1. The number of anilines is 1. The molecule has 0 amide bonds. The second-order valence-corrected chi connectivity index (χ2v) is 12.0. The molecule has 3 aromatic rings. The maximum atomic E-state index is 13.6. The molecule has 36 heavy (non-hydrogen) atoms. The van der Waals surface area contributed by atoms with Crippen molar-refractivity contribution in [2.24, 2.45) is 10.8 Å². The lowest BCUT2D eigenvalue weighted by Crippen LogP contribution is -2.30. The molecule has 1 aliphatic carbocycles. The molecule has 0 radical (unpaired) electrons. The highest BCUT2D eigenvalue weighted by Gasteiger charge is 2.35. The number of hydrogen-bond donors (Lipinski definition) is 1. The number of furan rings is 1. The molecule has 0 spiro atoms. The summed E-state index contributed by atoms with van der Waals surface area (Å²) >= 11 is 13.0. The first kappa shape index (κ1) is 26.1. The summed E-state index contributed by atoms with van der Waals surface area (Å²) in [4.78, 5) is 13.6. The van der Waals surface area contributed by atoms with E-state index in [4.69, 9.17) is 27.6 Å². The summed E-state index contributed by atoms with van der Waals surface area (Å²) < 4.78 is 6.32. The van der Waals surface area contributed by atoms with Crippen molar-refractivity contribution in [3.05, 3.63) is 93.2 Å². The number of ketones is 1. The molecule has 0 unspecified atom stereocenters. The predicted molar refractivity (Wildman–Crippen MR) is 151 cm³/mol. The first-order valence-electron chi connectivity index (χ1n) is 11.9. The van der Waals surface area contributed by atoms with Gasteiger partial charge in [0.15, 0.2) is 11.5 Å². The number of para-hydroxylation sites is 2. The van der Waals surface area contributed by atoms with Gasteiger partial charge in [0, 0.05) is 29.2 Å². The van der Waals surface area contributed by atoms with Crippen molar-refractivity contribution in [2.75, 3.05) is 12.5 Å². The van der Waals surface area contributed by atoms with Crippen molar-refractivity contribution in [3.8, 4) is 0 Å². The van der Waals surface area contributed by atoms with Crippen LogP contribution in [0.1, 0.15) is 47.3 Å².